The molecule has 1 unspecified atom stereocenters. The monoisotopic (exact) mass is 317 g/mol. The van der Waals surface area contributed by atoms with Gasteiger partial charge in [-0.1, -0.05) is 22.6 Å². The Bertz CT molecular complexity index is 301. The lowest BCUT2D eigenvalue weighted by Gasteiger charge is -2.14. The topological polar surface area (TPSA) is 54.5 Å². The first-order chi connectivity index (χ1) is 6.01. The van der Waals surface area contributed by atoms with Crippen LogP contribution in [0.25, 0.3) is 0 Å². The fraction of sp³-hybridized carbons (Fsp3) is 0.857. The van der Waals surface area contributed by atoms with Crippen molar-refractivity contribution in [1.29, 1.82) is 0 Å². The minimum Gasteiger partial charge on any atom is -0.274 e. The van der Waals surface area contributed by atoms with Gasteiger partial charge in [0.2, 0.25) is 15.9 Å². The highest BCUT2D eigenvalue weighted by Crippen LogP contribution is 2.22. The molecule has 0 spiro atoms. The molecule has 1 rings (SSSR count). The molecule has 1 fully saturated rings. The molecule has 1 aliphatic rings. The Morgan fingerprint density at radius 1 is 1.62 bits per heavy atom. The Labute approximate surface area is 91.9 Å². The van der Waals surface area contributed by atoms with Crippen LogP contribution in [0.2, 0.25) is 0 Å². The highest BCUT2D eigenvalue weighted by Gasteiger charge is 2.35. The van der Waals surface area contributed by atoms with Crippen molar-refractivity contribution < 1.29 is 13.2 Å². The second-order valence-electron chi connectivity index (χ2n) is 3.05. The molecule has 4 nitrogen and oxygen atoms in total. The second-order valence-corrected chi connectivity index (χ2v) is 6.11. The average molecular weight is 317 g/mol. The van der Waals surface area contributed by atoms with Gasteiger partial charge in [-0.25, -0.2) is 12.7 Å². The number of hydrogen-bond acceptors (Lipinski definition) is 3. The largest absolute Gasteiger partial charge is 0.274 e. The first kappa shape index (κ1) is 11.2. The van der Waals surface area contributed by atoms with E-state index in [9.17, 15) is 13.2 Å². The molecule has 0 N–H and O–H groups in total. The summed E-state index contributed by atoms with van der Waals surface area (Å²) in [7, 11) is -3.31. The quantitative estimate of drug-likeness (QED) is 0.566. The Kier molecular flexibility index (Phi) is 3.56. The number of carbonyl (C=O) groups excluding carboxylic acids is 1. The number of hydrogen-bond donors (Lipinski definition) is 0. The molecule has 6 heteroatoms. The lowest BCUT2D eigenvalue weighted by Crippen LogP contribution is -2.33. The number of nitrogens with zero attached hydrogens (tertiary/aromatic N) is 1. The van der Waals surface area contributed by atoms with Gasteiger partial charge in [0.05, 0.1) is 5.75 Å². The minimum absolute atomic E-state index is 0.00665. The van der Waals surface area contributed by atoms with Crippen molar-refractivity contribution in [2.45, 2.75) is 13.3 Å². The first-order valence-electron chi connectivity index (χ1n) is 4.10. The van der Waals surface area contributed by atoms with Gasteiger partial charge in [0.25, 0.3) is 0 Å². The van der Waals surface area contributed by atoms with Crippen LogP contribution in [0.3, 0.4) is 0 Å². The van der Waals surface area contributed by atoms with Crippen LogP contribution in [0, 0.1) is 5.92 Å². The van der Waals surface area contributed by atoms with Crippen molar-refractivity contribution in [3.05, 3.63) is 0 Å². The van der Waals surface area contributed by atoms with E-state index in [1.54, 1.807) is 6.92 Å². The Balaban J connectivity index is 2.79. The zero-order valence-corrected chi connectivity index (χ0v) is 10.3. The fourth-order valence-electron chi connectivity index (χ4n) is 1.28. The van der Waals surface area contributed by atoms with Gasteiger partial charge in [-0.05, 0) is 12.8 Å². The van der Waals surface area contributed by atoms with Crippen LogP contribution in [0.5, 0.6) is 0 Å². The van der Waals surface area contributed by atoms with Crippen LogP contribution in [0.4, 0.5) is 0 Å². The predicted molar refractivity (Wildman–Crippen MR) is 58.2 cm³/mol. The number of halogens is 1. The summed E-state index contributed by atoms with van der Waals surface area (Å²) in [6.45, 7) is 1.93. The smallest absolute Gasteiger partial charge is 0.237 e. The van der Waals surface area contributed by atoms with E-state index in [1.807, 2.05) is 0 Å². The molecule has 1 heterocycles. The molecule has 0 aromatic carbocycles. The van der Waals surface area contributed by atoms with Gasteiger partial charge in [-0.15, -0.1) is 0 Å². The van der Waals surface area contributed by atoms with Crippen molar-refractivity contribution in [2.75, 3.05) is 16.7 Å². The maximum Gasteiger partial charge on any atom is 0.237 e. The molecule has 0 radical (unpaired) electrons. The molecule has 0 aromatic heterocycles. The number of rotatable bonds is 3. The van der Waals surface area contributed by atoms with Crippen molar-refractivity contribution in [3.8, 4) is 0 Å². The van der Waals surface area contributed by atoms with E-state index in [-0.39, 0.29) is 17.6 Å². The molecule has 0 bridgehead atoms. The molecule has 1 saturated heterocycles. The van der Waals surface area contributed by atoms with E-state index in [4.69, 9.17) is 0 Å². The van der Waals surface area contributed by atoms with Gasteiger partial charge in [-0.3, -0.25) is 4.79 Å². The molecule has 0 aromatic rings. The lowest BCUT2D eigenvalue weighted by atomic mass is 10.2. The maximum atomic E-state index is 11.4. The zero-order chi connectivity index (χ0) is 10.1. The minimum atomic E-state index is -3.31. The standard InChI is InChI=1S/C7H12INO3S/c1-2-13(11,12)9-5-6(4-8)3-7(9)10/h6H,2-5H2,1H3. The van der Waals surface area contributed by atoms with Crippen molar-refractivity contribution in [3.63, 3.8) is 0 Å². The van der Waals surface area contributed by atoms with Crippen molar-refractivity contribution in [1.82, 2.24) is 4.31 Å². The third kappa shape index (κ3) is 2.34. The normalized spacial score (nSPS) is 24.0. The average Bonchev–Trinajstić information content (AvgIpc) is 2.47. The Morgan fingerprint density at radius 3 is 2.62 bits per heavy atom. The molecule has 0 saturated carbocycles. The molecule has 1 atom stereocenters. The SMILES string of the molecule is CCS(=O)(=O)N1CC(CI)CC1=O. The molecular formula is C7H12INO3S. The summed E-state index contributed by atoms with van der Waals surface area (Å²) in [5.74, 6) is -0.0369. The summed E-state index contributed by atoms with van der Waals surface area (Å²) < 4.78 is 24.6. The van der Waals surface area contributed by atoms with E-state index in [0.29, 0.717) is 13.0 Å². The summed E-state index contributed by atoms with van der Waals surface area (Å²) in [4.78, 5) is 11.3. The third-order valence-corrected chi connectivity index (χ3v) is 5.08. The molecule has 0 aliphatic carbocycles. The number of sulfonamides is 1. The van der Waals surface area contributed by atoms with E-state index < -0.39 is 10.0 Å². The summed E-state index contributed by atoms with van der Waals surface area (Å²) >= 11 is 2.18. The van der Waals surface area contributed by atoms with Crippen LogP contribution < -0.4 is 0 Å². The van der Waals surface area contributed by atoms with Crippen LogP contribution in [0.1, 0.15) is 13.3 Å². The zero-order valence-electron chi connectivity index (χ0n) is 7.36. The van der Waals surface area contributed by atoms with Gasteiger partial charge in [0.15, 0.2) is 0 Å². The lowest BCUT2D eigenvalue weighted by molar-refractivity contribution is -0.123. The van der Waals surface area contributed by atoms with E-state index >= 15 is 0 Å². The predicted octanol–water partition coefficient (Wildman–Crippen LogP) is 0.620. The van der Waals surface area contributed by atoms with E-state index in [2.05, 4.69) is 22.6 Å². The number of alkyl halides is 1. The molecule has 1 amide bonds. The van der Waals surface area contributed by atoms with Gasteiger partial charge < -0.3 is 0 Å². The Hall–Kier alpha value is 0.150. The van der Waals surface area contributed by atoms with E-state index in [1.165, 1.54) is 0 Å². The first-order valence-corrected chi connectivity index (χ1v) is 7.24. The fourth-order valence-corrected chi connectivity index (χ4v) is 3.00. The van der Waals surface area contributed by atoms with Gasteiger partial charge in [-0.2, -0.15) is 0 Å². The molecule has 1 aliphatic heterocycles. The third-order valence-electron chi connectivity index (χ3n) is 2.08. The summed E-state index contributed by atoms with van der Waals surface area (Å²) in [6.07, 6.45) is 0.377. The molecule has 13 heavy (non-hydrogen) atoms. The number of amides is 1. The van der Waals surface area contributed by atoms with Crippen LogP contribution in [0.15, 0.2) is 0 Å². The number of carbonyl (C=O) groups is 1. The van der Waals surface area contributed by atoms with Gasteiger partial charge in [0.1, 0.15) is 0 Å². The molecular weight excluding hydrogens is 305 g/mol. The molecule has 76 valence electrons. The van der Waals surface area contributed by atoms with Gasteiger partial charge >= 0.3 is 0 Å². The maximum absolute atomic E-state index is 11.4. The summed E-state index contributed by atoms with van der Waals surface area (Å²) in [5, 5.41) is 0. The van der Waals surface area contributed by atoms with Crippen molar-refractivity contribution >= 4 is 38.5 Å². The highest BCUT2D eigenvalue weighted by atomic mass is 127. The Morgan fingerprint density at radius 2 is 2.23 bits per heavy atom. The highest BCUT2D eigenvalue weighted by molar-refractivity contribution is 14.1. The van der Waals surface area contributed by atoms with Crippen LogP contribution in [-0.2, 0) is 14.8 Å². The second kappa shape index (κ2) is 4.12. The van der Waals surface area contributed by atoms with E-state index in [0.717, 1.165) is 8.73 Å². The van der Waals surface area contributed by atoms with Crippen LogP contribution >= 0.6 is 22.6 Å². The summed E-state index contributed by atoms with van der Waals surface area (Å²) in [6, 6.07) is 0. The van der Waals surface area contributed by atoms with Gasteiger partial charge in [0, 0.05) is 17.4 Å². The summed E-state index contributed by atoms with van der Waals surface area (Å²) in [5.41, 5.74) is 0. The van der Waals surface area contributed by atoms with Crippen molar-refractivity contribution in [2.24, 2.45) is 5.92 Å². The van der Waals surface area contributed by atoms with Crippen LogP contribution in [-0.4, -0.2) is 35.4 Å².